The van der Waals surface area contributed by atoms with E-state index < -0.39 is 0 Å². The van der Waals surface area contributed by atoms with E-state index in [0.717, 1.165) is 24.1 Å². The van der Waals surface area contributed by atoms with Crippen molar-refractivity contribution in [3.05, 3.63) is 23.8 Å². The van der Waals surface area contributed by atoms with Crippen LogP contribution in [0.25, 0.3) is 0 Å². The van der Waals surface area contributed by atoms with E-state index >= 15 is 0 Å². The first-order chi connectivity index (χ1) is 9.20. The molecule has 102 valence electrons. The summed E-state index contributed by atoms with van der Waals surface area (Å²) < 4.78 is 0. The highest BCUT2D eigenvalue weighted by Gasteiger charge is 2.17. The predicted octanol–water partition coefficient (Wildman–Crippen LogP) is 3.77. The molecule has 1 aliphatic rings. The Morgan fingerprint density at radius 2 is 2.05 bits per heavy atom. The molecule has 0 spiro atoms. The van der Waals surface area contributed by atoms with Gasteiger partial charge in [0.2, 0.25) is 0 Å². The molecule has 0 aliphatic heterocycles. The molecular weight excluding hydrogens is 234 g/mol. The van der Waals surface area contributed by atoms with Gasteiger partial charge in [0, 0.05) is 6.54 Å². The van der Waals surface area contributed by atoms with Gasteiger partial charge in [-0.2, -0.15) is 5.26 Å². The quantitative estimate of drug-likeness (QED) is 0.807. The molecule has 1 aromatic rings. The fourth-order valence-corrected chi connectivity index (χ4v) is 2.85. The number of nitrogens with zero attached hydrogens (tertiary/aromatic N) is 1. The maximum atomic E-state index is 8.94. The first-order valence-electron chi connectivity index (χ1n) is 7.23. The van der Waals surface area contributed by atoms with Crippen LogP contribution in [0.5, 0.6) is 0 Å². The fraction of sp³-hybridized carbons (Fsp3) is 0.562. The highest BCUT2D eigenvalue weighted by molar-refractivity contribution is 5.72. The van der Waals surface area contributed by atoms with Crippen LogP contribution in [-0.2, 0) is 0 Å². The number of para-hydroxylation sites is 1. The molecule has 2 rings (SSSR count). The number of hydrogen-bond acceptors (Lipinski definition) is 3. The third-order valence-electron chi connectivity index (χ3n) is 4.23. The number of nitriles is 1. The molecule has 3 heteroatoms. The number of nitrogens with two attached hydrogens (primary N) is 1. The SMILES string of the molecule is CC1CCC(CCNc2cccc(C#N)c2N)CC1. The van der Waals surface area contributed by atoms with E-state index in [1.165, 1.54) is 32.1 Å². The minimum Gasteiger partial charge on any atom is -0.396 e. The maximum Gasteiger partial charge on any atom is 0.101 e. The molecule has 0 amide bonds. The molecule has 0 saturated heterocycles. The second-order valence-electron chi connectivity index (χ2n) is 5.72. The van der Waals surface area contributed by atoms with Gasteiger partial charge in [-0.25, -0.2) is 0 Å². The summed E-state index contributed by atoms with van der Waals surface area (Å²) >= 11 is 0. The molecule has 0 atom stereocenters. The Labute approximate surface area is 115 Å². The molecule has 1 fully saturated rings. The van der Waals surface area contributed by atoms with Gasteiger partial charge in [-0.05, 0) is 30.4 Å². The summed E-state index contributed by atoms with van der Waals surface area (Å²) in [4.78, 5) is 0. The number of rotatable bonds is 4. The predicted molar refractivity (Wildman–Crippen MR) is 79.8 cm³/mol. The third-order valence-corrected chi connectivity index (χ3v) is 4.23. The van der Waals surface area contributed by atoms with Crippen LogP contribution in [0.1, 0.15) is 44.6 Å². The lowest BCUT2D eigenvalue weighted by atomic mass is 9.81. The van der Waals surface area contributed by atoms with Crippen LogP contribution < -0.4 is 11.1 Å². The average molecular weight is 257 g/mol. The number of nitrogens with one attached hydrogen (secondary N) is 1. The van der Waals surface area contributed by atoms with Crippen LogP contribution in [0.15, 0.2) is 18.2 Å². The lowest BCUT2D eigenvalue weighted by Gasteiger charge is -2.26. The Bertz CT molecular complexity index is 454. The topological polar surface area (TPSA) is 61.8 Å². The summed E-state index contributed by atoms with van der Waals surface area (Å²) in [6, 6.07) is 7.69. The molecule has 0 radical (unpaired) electrons. The molecule has 0 bridgehead atoms. The Hall–Kier alpha value is -1.69. The summed E-state index contributed by atoms with van der Waals surface area (Å²) in [6.07, 6.45) is 6.66. The summed E-state index contributed by atoms with van der Waals surface area (Å²) in [5.41, 5.74) is 7.96. The highest BCUT2D eigenvalue weighted by Crippen LogP contribution is 2.30. The lowest BCUT2D eigenvalue weighted by molar-refractivity contribution is 0.282. The summed E-state index contributed by atoms with van der Waals surface area (Å²) in [5, 5.41) is 12.3. The van der Waals surface area contributed by atoms with Gasteiger partial charge in [0.1, 0.15) is 6.07 Å². The van der Waals surface area contributed by atoms with Gasteiger partial charge < -0.3 is 11.1 Å². The Balaban J connectivity index is 1.81. The highest BCUT2D eigenvalue weighted by atomic mass is 14.9. The summed E-state index contributed by atoms with van der Waals surface area (Å²) in [6.45, 7) is 3.29. The lowest BCUT2D eigenvalue weighted by Crippen LogP contribution is -2.16. The van der Waals surface area contributed by atoms with Gasteiger partial charge in [0.15, 0.2) is 0 Å². The third kappa shape index (κ3) is 3.64. The van der Waals surface area contributed by atoms with E-state index in [1.807, 2.05) is 12.1 Å². The van der Waals surface area contributed by atoms with Gasteiger partial charge in [-0.3, -0.25) is 0 Å². The fourth-order valence-electron chi connectivity index (χ4n) is 2.85. The smallest absolute Gasteiger partial charge is 0.101 e. The van der Waals surface area contributed by atoms with Crippen molar-refractivity contribution in [1.82, 2.24) is 0 Å². The Kier molecular flexibility index (Phi) is 4.68. The standard InChI is InChI=1S/C16H23N3/c1-12-5-7-13(8-6-12)9-10-19-15-4-2-3-14(11-17)16(15)18/h2-4,12-13,19H,5-10,18H2,1H3. The van der Waals surface area contributed by atoms with E-state index in [0.29, 0.717) is 11.3 Å². The van der Waals surface area contributed by atoms with E-state index in [4.69, 9.17) is 11.0 Å². The summed E-state index contributed by atoms with van der Waals surface area (Å²) in [5.74, 6) is 1.76. The summed E-state index contributed by atoms with van der Waals surface area (Å²) in [7, 11) is 0. The first kappa shape index (κ1) is 13.7. The van der Waals surface area contributed by atoms with Gasteiger partial charge in [-0.15, -0.1) is 0 Å². The monoisotopic (exact) mass is 257 g/mol. The minimum absolute atomic E-state index is 0.552. The zero-order valence-corrected chi connectivity index (χ0v) is 11.7. The van der Waals surface area contributed by atoms with Crippen molar-refractivity contribution in [2.75, 3.05) is 17.6 Å². The van der Waals surface area contributed by atoms with E-state index in [9.17, 15) is 0 Å². The molecule has 3 nitrogen and oxygen atoms in total. The molecule has 1 aromatic carbocycles. The zero-order chi connectivity index (χ0) is 13.7. The van der Waals surface area contributed by atoms with Crippen molar-refractivity contribution >= 4 is 11.4 Å². The molecule has 0 heterocycles. The van der Waals surface area contributed by atoms with Gasteiger partial charge in [0.25, 0.3) is 0 Å². The number of anilines is 2. The van der Waals surface area contributed by atoms with Gasteiger partial charge >= 0.3 is 0 Å². The van der Waals surface area contributed by atoms with Crippen LogP contribution in [0.4, 0.5) is 11.4 Å². The average Bonchev–Trinajstić information content (AvgIpc) is 2.43. The molecule has 3 N–H and O–H groups in total. The van der Waals surface area contributed by atoms with E-state index in [-0.39, 0.29) is 0 Å². The zero-order valence-electron chi connectivity index (χ0n) is 11.7. The molecule has 0 unspecified atom stereocenters. The van der Waals surface area contributed by atoms with Crippen LogP contribution in [0, 0.1) is 23.2 Å². The second kappa shape index (κ2) is 6.47. The second-order valence-corrected chi connectivity index (χ2v) is 5.72. The van der Waals surface area contributed by atoms with Crippen molar-refractivity contribution in [2.45, 2.75) is 39.0 Å². The van der Waals surface area contributed by atoms with Crippen molar-refractivity contribution < 1.29 is 0 Å². The Morgan fingerprint density at radius 3 is 2.74 bits per heavy atom. The normalized spacial score (nSPS) is 22.7. The number of hydrogen-bond donors (Lipinski definition) is 2. The van der Waals surface area contributed by atoms with Crippen LogP contribution in [0.3, 0.4) is 0 Å². The molecule has 19 heavy (non-hydrogen) atoms. The van der Waals surface area contributed by atoms with Crippen molar-refractivity contribution in [3.63, 3.8) is 0 Å². The van der Waals surface area contributed by atoms with Crippen LogP contribution in [-0.4, -0.2) is 6.54 Å². The van der Waals surface area contributed by atoms with Crippen molar-refractivity contribution in [2.24, 2.45) is 11.8 Å². The maximum absolute atomic E-state index is 8.94. The number of nitrogen functional groups attached to an aromatic ring is 1. The van der Waals surface area contributed by atoms with E-state index in [1.54, 1.807) is 6.07 Å². The molecule has 1 aliphatic carbocycles. The van der Waals surface area contributed by atoms with Gasteiger partial charge in [0.05, 0.1) is 16.9 Å². The largest absolute Gasteiger partial charge is 0.396 e. The van der Waals surface area contributed by atoms with Crippen LogP contribution in [0.2, 0.25) is 0 Å². The first-order valence-corrected chi connectivity index (χ1v) is 7.23. The Morgan fingerprint density at radius 1 is 1.32 bits per heavy atom. The molecular formula is C16H23N3. The minimum atomic E-state index is 0.552. The van der Waals surface area contributed by atoms with Crippen LogP contribution >= 0.6 is 0 Å². The van der Waals surface area contributed by atoms with Gasteiger partial charge in [-0.1, -0.05) is 38.7 Å². The molecule has 0 aromatic heterocycles. The van der Waals surface area contributed by atoms with Crippen molar-refractivity contribution in [1.29, 1.82) is 5.26 Å². The molecule has 1 saturated carbocycles. The van der Waals surface area contributed by atoms with Crippen molar-refractivity contribution in [3.8, 4) is 6.07 Å². The van der Waals surface area contributed by atoms with E-state index in [2.05, 4.69) is 18.3 Å². The number of benzene rings is 1.